The van der Waals surface area contributed by atoms with Crippen molar-refractivity contribution in [2.45, 2.75) is 46.2 Å². The number of benzene rings is 5. The highest BCUT2D eigenvalue weighted by Gasteiger charge is 2.21. The van der Waals surface area contributed by atoms with Crippen molar-refractivity contribution in [2.75, 3.05) is 0 Å². The van der Waals surface area contributed by atoms with Crippen LogP contribution in [0.25, 0.3) is 43.8 Å². The first kappa shape index (κ1) is 23.8. The fourth-order valence-corrected chi connectivity index (χ4v) is 7.57. The minimum Gasteiger partial charge on any atom is -0.0656 e. The fraction of sp³-hybridized carbons (Fsp3) is 0.212. The lowest BCUT2D eigenvalue weighted by Crippen LogP contribution is -2.37. The third kappa shape index (κ3) is 4.42. The summed E-state index contributed by atoms with van der Waals surface area (Å²) in [5.41, 5.74) is 6.69. The largest absolute Gasteiger partial charge is 0.0776 e. The molecule has 5 aromatic carbocycles. The van der Waals surface area contributed by atoms with Gasteiger partial charge in [0.05, 0.1) is 16.1 Å². The van der Waals surface area contributed by atoms with Gasteiger partial charge in [-0.25, -0.2) is 0 Å². The monoisotopic (exact) mass is 488 g/mol. The maximum absolute atomic E-state index is 2.46. The molecule has 0 unspecified atom stereocenters. The molecule has 0 aromatic heterocycles. The lowest BCUT2D eigenvalue weighted by molar-refractivity contribution is 1.51. The molecule has 176 valence electrons. The van der Waals surface area contributed by atoms with Crippen molar-refractivity contribution < 1.29 is 0 Å². The van der Waals surface area contributed by atoms with Crippen LogP contribution in [0.1, 0.15) is 5.56 Å². The Morgan fingerprint density at radius 3 is 1.37 bits per heavy atom. The summed E-state index contributed by atoms with van der Waals surface area (Å²) in [6, 6.07) is 34.7. The minimum atomic E-state index is -1.43. The first-order valence-corrected chi connectivity index (χ1v) is 19.7. The standard InChI is InChI=1S/C33H36Si2/c1-23-18-19-30-31(20-23)33(25-13-11-15-27(22-25)35(5,6)7)29-17-9-8-16-28(29)32(30)24-12-10-14-26(21-24)34(2,3)4/h8-22H,1-7H3. The zero-order chi connectivity index (χ0) is 25.0. The van der Waals surface area contributed by atoms with Crippen LogP contribution in [-0.2, 0) is 0 Å². The SMILES string of the molecule is Cc1ccc2c(-c3cccc([Si](C)(C)C)c3)c3ccccc3c(-c3cccc([Si](C)(C)C)c3)c2c1. The van der Waals surface area contributed by atoms with Crippen LogP contribution in [0.15, 0.2) is 91.0 Å². The van der Waals surface area contributed by atoms with Crippen LogP contribution in [0.2, 0.25) is 39.3 Å². The number of rotatable bonds is 4. The van der Waals surface area contributed by atoms with E-state index in [1.165, 1.54) is 59.7 Å². The summed E-state index contributed by atoms with van der Waals surface area (Å²) in [6.07, 6.45) is 0. The van der Waals surface area contributed by atoms with Gasteiger partial charge in [0.15, 0.2) is 0 Å². The minimum absolute atomic E-state index is 1.30. The molecular weight excluding hydrogens is 453 g/mol. The number of hydrogen-bond acceptors (Lipinski definition) is 0. The van der Waals surface area contributed by atoms with Crippen molar-refractivity contribution in [1.29, 1.82) is 0 Å². The third-order valence-electron chi connectivity index (χ3n) is 7.21. The van der Waals surface area contributed by atoms with Gasteiger partial charge in [-0.1, -0.05) is 146 Å². The summed E-state index contributed by atoms with van der Waals surface area (Å²) in [6.45, 7) is 16.8. The van der Waals surface area contributed by atoms with Gasteiger partial charge in [0.25, 0.3) is 0 Å². The maximum Gasteiger partial charge on any atom is 0.0776 e. The topological polar surface area (TPSA) is 0 Å². The molecule has 0 N–H and O–H groups in total. The molecule has 0 bridgehead atoms. The summed E-state index contributed by atoms with van der Waals surface area (Å²) < 4.78 is 0. The van der Waals surface area contributed by atoms with Crippen LogP contribution >= 0.6 is 0 Å². The molecule has 0 spiro atoms. The van der Waals surface area contributed by atoms with Crippen molar-refractivity contribution in [3.8, 4) is 22.3 Å². The molecule has 5 aromatic rings. The molecule has 2 heteroatoms. The van der Waals surface area contributed by atoms with Gasteiger partial charge in [0.1, 0.15) is 0 Å². The van der Waals surface area contributed by atoms with Crippen LogP contribution in [0, 0.1) is 6.92 Å². The second kappa shape index (κ2) is 8.62. The Balaban J connectivity index is 1.92. The Kier molecular flexibility index (Phi) is 5.85. The van der Waals surface area contributed by atoms with Crippen LogP contribution in [0.3, 0.4) is 0 Å². The second-order valence-corrected chi connectivity index (χ2v) is 22.2. The molecule has 35 heavy (non-hydrogen) atoms. The molecule has 0 amide bonds. The normalized spacial score (nSPS) is 12.4. The van der Waals surface area contributed by atoms with E-state index >= 15 is 0 Å². The average molecular weight is 489 g/mol. The predicted molar refractivity (Wildman–Crippen MR) is 163 cm³/mol. The molecule has 0 aliphatic carbocycles. The lowest BCUT2D eigenvalue weighted by Gasteiger charge is -2.22. The summed E-state index contributed by atoms with van der Waals surface area (Å²) >= 11 is 0. The van der Waals surface area contributed by atoms with Crippen molar-refractivity contribution in [1.82, 2.24) is 0 Å². The van der Waals surface area contributed by atoms with Crippen molar-refractivity contribution >= 4 is 48.1 Å². The fourth-order valence-electron chi connectivity index (χ4n) is 5.20. The van der Waals surface area contributed by atoms with E-state index in [0.29, 0.717) is 0 Å². The number of aryl methyl sites for hydroxylation is 1. The summed E-state index contributed by atoms with van der Waals surface area (Å²) in [5.74, 6) is 0. The lowest BCUT2D eigenvalue weighted by atomic mass is 9.85. The van der Waals surface area contributed by atoms with Gasteiger partial charge in [0, 0.05) is 0 Å². The van der Waals surface area contributed by atoms with E-state index in [0.717, 1.165) is 0 Å². The van der Waals surface area contributed by atoms with Gasteiger partial charge >= 0.3 is 0 Å². The van der Waals surface area contributed by atoms with Crippen molar-refractivity contribution in [3.05, 3.63) is 96.6 Å². The van der Waals surface area contributed by atoms with E-state index in [1.807, 2.05) is 0 Å². The Bertz CT molecular complexity index is 1560. The molecular formula is C33H36Si2. The number of fused-ring (bicyclic) bond motifs is 2. The molecule has 0 radical (unpaired) electrons. The molecule has 0 aliphatic rings. The Morgan fingerprint density at radius 2 is 0.886 bits per heavy atom. The van der Waals surface area contributed by atoms with Crippen molar-refractivity contribution in [2.24, 2.45) is 0 Å². The van der Waals surface area contributed by atoms with Gasteiger partial charge in [-0.3, -0.25) is 0 Å². The predicted octanol–water partition coefficient (Wildman–Crippen LogP) is 8.73. The highest BCUT2D eigenvalue weighted by molar-refractivity contribution is 6.89. The maximum atomic E-state index is 2.46. The van der Waals surface area contributed by atoms with Crippen LogP contribution < -0.4 is 10.4 Å². The average Bonchev–Trinajstić information content (AvgIpc) is 2.81. The van der Waals surface area contributed by atoms with Crippen LogP contribution in [-0.4, -0.2) is 16.1 Å². The highest BCUT2D eigenvalue weighted by Crippen LogP contribution is 2.43. The van der Waals surface area contributed by atoms with Gasteiger partial charge in [0.2, 0.25) is 0 Å². The van der Waals surface area contributed by atoms with Gasteiger partial charge in [-0.2, -0.15) is 0 Å². The summed E-state index contributed by atoms with van der Waals surface area (Å²) in [7, 11) is -2.85. The second-order valence-electron chi connectivity index (χ2n) is 12.0. The third-order valence-corrected chi connectivity index (χ3v) is 11.3. The zero-order valence-electron chi connectivity index (χ0n) is 22.2. The first-order valence-electron chi connectivity index (χ1n) is 12.7. The molecule has 0 fully saturated rings. The summed E-state index contributed by atoms with van der Waals surface area (Å²) in [5, 5.41) is 8.38. The quantitative estimate of drug-likeness (QED) is 0.175. The highest BCUT2D eigenvalue weighted by atomic mass is 28.3. The number of hydrogen-bond donors (Lipinski definition) is 0. The van der Waals surface area contributed by atoms with Gasteiger partial charge in [-0.05, 0) is 50.7 Å². The van der Waals surface area contributed by atoms with E-state index in [4.69, 9.17) is 0 Å². The Morgan fingerprint density at radius 1 is 0.429 bits per heavy atom. The zero-order valence-corrected chi connectivity index (χ0v) is 24.2. The molecule has 0 saturated carbocycles. The molecule has 0 nitrogen and oxygen atoms in total. The van der Waals surface area contributed by atoms with E-state index in [9.17, 15) is 0 Å². The molecule has 0 heterocycles. The smallest absolute Gasteiger partial charge is 0.0656 e. The van der Waals surface area contributed by atoms with E-state index in [2.05, 4.69) is 137 Å². The molecule has 0 aliphatic heterocycles. The van der Waals surface area contributed by atoms with Gasteiger partial charge < -0.3 is 0 Å². The molecule has 0 atom stereocenters. The first-order chi connectivity index (χ1) is 16.5. The van der Waals surface area contributed by atoms with E-state index in [-0.39, 0.29) is 0 Å². The summed E-state index contributed by atoms with van der Waals surface area (Å²) in [4.78, 5) is 0. The van der Waals surface area contributed by atoms with Crippen LogP contribution in [0.5, 0.6) is 0 Å². The molecule has 0 saturated heterocycles. The van der Waals surface area contributed by atoms with E-state index < -0.39 is 16.1 Å². The van der Waals surface area contributed by atoms with Crippen molar-refractivity contribution in [3.63, 3.8) is 0 Å². The van der Waals surface area contributed by atoms with Gasteiger partial charge in [-0.15, -0.1) is 0 Å². The van der Waals surface area contributed by atoms with E-state index in [1.54, 1.807) is 0 Å². The van der Waals surface area contributed by atoms with Crippen LogP contribution in [0.4, 0.5) is 0 Å². The Hall–Kier alpha value is -2.95. The molecule has 5 rings (SSSR count). The Labute approximate surface area is 212 Å².